The van der Waals surface area contributed by atoms with Gasteiger partial charge in [0, 0.05) is 14.7 Å². The van der Waals surface area contributed by atoms with Crippen molar-refractivity contribution >= 4 is 57.7 Å². The van der Waals surface area contributed by atoms with Crippen molar-refractivity contribution in [1.82, 2.24) is 0 Å². The summed E-state index contributed by atoms with van der Waals surface area (Å²) in [6, 6.07) is 17.9. The second-order valence-electron chi connectivity index (χ2n) is 5.26. The maximum Gasteiger partial charge on any atom is 0.339 e. The van der Waals surface area contributed by atoms with E-state index in [0.29, 0.717) is 21.4 Å². The SMILES string of the molecule is O=C(O)c1ccccc1I.O=C(O)c1ccccc1Oc1cc(Cl)ccc1Cl. The topological polar surface area (TPSA) is 83.8 Å². The first-order chi connectivity index (χ1) is 13.3. The smallest absolute Gasteiger partial charge is 0.339 e. The van der Waals surface area contributed by atoms with Gasteiger partial charge in [0.1, 0.15) is 17.1 Å². The van der Waals surface area contributed by atoms with Crippen LogP contribution in [0.3, 0.4) is 0 Å². The van der Waals surface area contributed by atoms with Gasteiger partial charge < -0.3 is 14.9 Å². The summed E-state index contributed by atoms with van der Waals surface area (Å²) in [4.78, 5) is 21.4. The fourth-order valence-electron chi connectivity index (χ4n) is 2.04. The first-order valence-electron chi connectivity index (χ1n) is 7.72. The molecule has 8 heteroatoms. The molecule has 0 bridgehead atoms. The minimum absolute atomic E-state index is 0.0635. The van der Waals surface area contributed by atoms with Crippen LogP contribution in [0.4, 0.5) is 0 Å². The van der Waals surface area contributed by atoms with E-state index in [0.717, 1.165) is 3.57 Å². The predicted octanol–water partition coefficient (Wildman–Crippen LogP) is 6.47. The van der Waals surface area contributed by atoms with E-state index < -0.39 is 11.9 Å². The molecule has 0 aliphatic carbocycles. The largest absolute Gasteiger partial charge is 0.478 e. The van der Waals surface area contributed by atoms with Gasteiger partial charge in [0.05, 0.1) is 10.6 Å². The van der Waals surface area contributed by atoms with Gasteiger partial charge in [0.25, 0.3) is 0 Å². The van der Waals surface area contributed by atoms with Gasteiger partial charge in [-0.05, 0) is 59.0 Å². The average molecular weight is 531 g/mol. The first-order valence-corrected chi connectivity index (χ1v) is 9.56. The Morgan fingerprint density at radius 3 is 1.93 bits per heavy atom. The summed E-state index contributed by atoms with van der Waals surface area (Å²) in [6.07, 6.45) is 0. The minimum Gasteiger partial charge on any atom is -0.478 e. The molecule has 0 aliphatic rings. The Balaban J connectivity index is 0.000000237. The van der Waals surface area contributed by atoms with Gasteiger partial charge in [-0.25, -0.2) is 9.59 Å². The van der Waals surface area contributed by atoms with Crippen molar-refractivity contribution < 1.29 is 24.5 Å². The third-order valence-corrected chi connectivity index (χ3v) is 4.82. The van der Waals surface area contributed by atoms with Crippen LogP contribution in [0.5, 0.6) is 11.5 Å². The van der Waals surface area contributed by atoms with E-state index in [-0.39, 0.29) is 11.3 Å². The van der Waals surface area contributed by atoms with Crippen molar-refractivity contribution in [3.05, 3.63) is 91.5 Å². The van der Waals surface area contributed by atoms with Crippen LogP contribution in [0.25, 0.3) is 0 Å². The lowest BCUT2D eigenvalue weighted by atomic mass is 10.2. The van der Waals surface area contributed by atoms with Crippen molar-refractivity contribution in [2.45, 2.75) is 0 Å². The van der Waals surface area contributed by atoms with Gasteiger partial charge in [-0.15, -0.1) is 0 Å². The van der Waals surface area contributed by atoms with E-state index >= 15 is 0 Å². The van der Waals surface area contributed by atoms with Gasteiger partial charge in [-0.3, -0.25) is 0 Å². The van der Waals surface area contributed by atoms with Crippen molar-refractivity contribution in [3.63, 3.8) is 0 Å². The summed E-state index contributed by atoms with van der Waals surface area (Å²) in [5, 5.41) is 18.4. The Morgan fingerprint density at radius 2 is 1.36 bits per heavy atom. The highest BCUT2D eigenvalue weighted by molar-refractivity contribution is 14.1. The van der Waals surface area contributed by atoms with Crippen LogP contribution in [-0.2, 0) is 0 Å². The van der Waals surface area contributed by atoms with Crippen LogP contribution < -0.4 is 4.74 Å². The fraction of sp³-hybridized carbons (Fsp3) is 0. The Hall–Kier alpha value is -2.29. The first kappa shape index (κ1) is 22.0. The molecule has 0 saturated heterocycles. The number of hydrogen-bond donors (Lipinski definition) is 2. The van der Waals surface area contributed by atoms with Crippen LogP contribution in [0.2, 0.25) is 10.0 Å². The van der Waals surface area contributed by atoms with Gasteiger partial charge in [-0.2, -0.15) is 0 Å². The molecule has 3 aromatic rings. The van der Waals surface area contributed by atoms with Crippen molar-refractivity contribution in [2.75, 3.05) is 0 Å². The lowest BCUT2D eigenvalue weighted by Gasteiger charge is -2.10. The molecule has 0 aromatic heterocycles. The number of hydrogen-bond acceptors (Lipinski definition) is 3. The zero-order chi connectivity index (χ0) is 20.7. The maximum atomic E-state index is 11.0. The van der Waals surface area contributed by atoms with Gasteiger partial charge >= 0.3 is 11.9 Å². The van der Waals surface area contributed by atoms with Crippen LogP contribution in [0, 0.1) is 3.57 Å². The normalized spacial score (nSPS) is 9.82. The Morgan fingerprint density at radius 1 is 0.786 bits per heavy atom. The monoisotopic (exact) mass is 530 g/mol. The van der Waals surface area contributed by atoms with Crippen molar-refractivity contribution in [1.29, 1.82) is 0 Å². The highest BCUT2D eigenvalue weighted by Crippen LogP contribution is 2.33. The predicted molar refractivity (Wildman–Crippen MR) is 116 cm³/mol. The average Bonchev–Trinajstić information content (AvgIpc) is 2.65. The van der Waals surface area contributed by atoms with Crippen molar-refractivity contribution in [3.8, 4) is 11.5 Å². The van der Waals surface area contributed by atoms with E-state index in [2.05, 4.69) is 0 Å². The fourth-order valence-corrected chi connectivity index (χ4v) is 2.98. The molecule has 28 heavy (non-hydrogen) atoms. The highest BCUT2D eigenvalue weighted by atomic mass is 127. The number of aromatic carboxylic acids is 2. The van der Waals surface area contributed by atoms with E-state index in [4.69, 9.17) is 38.2 Å². The summed E-state index contributed by atoms with van der Waals surface area (Å²) in [5.41, 5.74) is 0.427. The van der Waals surface area contributed by atoms with Gasteiger partial charge in [0.15, 0.2) is 0 Å². The molecule has 144 valence electrons. The zero-order valence-corrected chi connectivity index (χ0v) is 17.8. The molecule has 0 radical (unpaired) electrons. The Labute approximate surface area is 184 Å². The summed E-state index contributed by atoms with van der Waals surface area (Å²) < 4.78 is 6.26. The molecule has 0 spiro atoms. The van der Waals surface area contributed by atoms with Crippen LogP contribution in [-0.4, -0.2) is 22.2 Å². The number of rotatable bonds is 4. The highest BCUT2D eigenvalue weighted by Gasteiger charge is 2.12. The molecule has 0 atom stereocenters. The zero-order valence-electron chi connectivity index (χ0n) is 14.1. The lowest BCUT2D eigenvalue weighted by Crippen LogP contribution is -1.99. The second kappa shape index (κ2) is 10.3. The minimum atomic E-state index is -1.07. The van der Waals surface area contributed by atoms with Crippen LogP contribution in [0.15, 0.2) is 66.7 Å². The molecular weight excluding hydrogens is 518 g/mol. The molecule has 0 aliphatic heterocycles. The molecule has 0 unspecified atom stereocenters. The summed E-state index contributed by atoms with van der Waals surface area (Å²) >= 11 is 13.8. The molecule has 0 amide bonds. The quantitative estimate of drug-likeness (QED) is 0.377. The molecular formula is C20H13Cl2IO5. The molecule has 0 heterocycles. The van der Waals surface area contributed by atoms with E-state index in [9.17, 15) is 9.59 Å². The number of carboxylic acids is 2. The van der Waals surface area contributed by atoms with Crippen LogP contribution in [0.1, 0.15) is 20.7 Å². The molecule has 0 fully saturated rings. The summed E-state index contributed by atoms with van der Waals surface area (Å²) in [7, 11) is 0. The van der Waals surface area contributed by atoms with Crippen molar-refractivity contribution in [2.24, 2.45) is 0 Å². The molecule has 2 N–H and O–H groups in total. The standard InChI is InChI=1S/C13H8Cl2O3.C7H5IO2/c14-8-5-6-10(15)12(7-8)18-11-4-2-1-3-9(11)13(16)17;8-6-4-2-1-3-5(6)7(9)10/h1-7H,(H,16,17);1-4H,(H,9,10). The second-order valence-corrected chi connectivity index (χ2v) is 7.27. The number of benzene rings is 3. The van der Waals surface area contributed by atoms with E-state index in [1.165, 1.54) is 12.1 Å². The number of halogens is 3. The number of carboxylic acid groups (broad SMARTS) is 2. The molecule has 3 rings (SSSR count). The Kier molecular flexibility index (Phi) is 8.10. The number of para-hydroxylation sites is 1. The van der Waals surface area contributed by atoms with Gasteiger partial charge in [0.2, 0.25) is 0 Å². The Bertz CT molecular complexity index is 1010. The molecule has 0 saturated carbocycles. The van der Waals surface area contributed by atoms with E-state index in [1.54, 1.807) is 48.5 Å². The number of carbonyl (C=O) groups is 2. The van der Waals surface area contributed by atoms with Crippen LogP contribution >= 0.6 is 45.8 Å². The summed E-state index contributed by atoms with van der Waals surface area (Å²) in [5.74, 6) is -1.40. The molecule has 3 aromatic carbocycles. The van der Waals surface area contributed by atoms with E-state index in [1.807, 2.05) is 28.7 Å². The molecule has 5 nitrogen and oxygen atoms in total. The summed E-state index contributed by atoms with van der Waals surface area (Å²) in [6.45, 7) is 0. The van der Waals surface area contributed by atoms with Gasteiger partial charge in [-0.1, -0.05) is 47.5 Å². The third kappa shape index (κ3) is 6.12. The number of ether oxygens (including phenoxy) is 1. The lowest BCUT2D eigenvalue weighted by molar-refractivity contribution is 0.0684. The maximum absolute atomic E-state index is 11.0. The third-order valence-electron chi connectivity index (χ3n) is 3.33.